The highest BCUT2D eigenvalue weighted by Crippen LogP contribution is 2.40. The lowest BCUT2D eigenvalue weighted by Crippen LogP contribution is -2.27. The van der Waals surface area contributed by atoms with Gasteiger partial charge in [0, 0.05) is 33.5 Å². The maximum atomic E-state index is 12.8. The molecule has 0 unspecified atom stereocenters. The second-order valence-electron chi connectivity index (χ2n) is 7.42. The Morgan fingerprint density at radius 3 is 2.29 bits per heavy atom. The molecule has 2 aromatic rings. The van der Waals surface area contributed by atoms with Crippen LogP contribution >= 0.6 is 0 Å². The number of Topliss-reactive ketones (excluding diaryl/α,β-unsaturated/α-hetero) is 1. The minimum absolute atomic E-state index is 0.0146. The molecule has 2 aromatic carbocycles. The molecule has 0 spiro atoms. The third kappa shape index (κ3) is 4.53. The van der Waals surface area contributed by atoms with Crippen LogP contribution in [0.4, 0.5) is 11.4 Å². The number of fused-ring (bicyclic) bond motifs is 1. The van der Waals surface area contributed by atoms with Gasteiger partial charge in [-0.25, -0.2) is 0 Å². The molecule has 160 valence electrons. The molecule has 0 radical (unpaired) electrons. The fourth-order valence-electron chi connectivity index (χ4n) is 3.67. The average molecular weight is 418 g/mol. The van der Waals surface area contributed by atoms with Crippen LogP contribution in [0.15, 0.2) is 53.9 Å². The van der Waals surface area contributed by atoms with E-state index in [1.807, 2.05) is 79.4 Å². The third-order valence-electron chi connectivity index (χ3n) is 5.40. The van der Waals surface area contributed by atoms with Crippen molar-refractivity contribution in [1.29, 1.82) is 5.26 Å². The normalized spacial score (nSPS) is 12.3. The summed E-state index contributed by atoms with van der Waals surface area (Å²) in [6.45, 7) is 2.29. The van der Waals surface area contributed by atoms with Crippen LogP contribution in [-0.2, 0) is 16.1 Å². The Labute approximate surface area is 182 Å². The van der Waals surface area contributed by atoms with E-state index in [2.05, 4.69) is 5.32 Å². The molecule has 0 aromatic heterocycles. The first kappa shape index (κ1) is 21.9. The molecule has 1 N–H and O–H groups in total. The number of carbonyl (C=O) groups is 2. The summed E-state index contributed by atoms with van der Waals surface area (Å²) in [5, 5.41) is 12.5. The van der Waals surface area contributed by atoms with E-state index in [-0.39, 0.29) is 30.1 Å². The number of nitriles is 1. The van der Waals surface area contributed by atoms with E-state index in [0.717, 1.165) is 28.3 Å². The standard InChI is InChI=1S/C24H26N4O3/c1-16-9-10-17(13-22(16)31-4)15-26-23(30)12-11-21(29)18(14-25)24-27(2)19-7-5-6-8-20(19)28(24)3/h5-10,13H,11-12,15H2,1-4H3,(H,26,30). The lowest BCUT2D eigenvalue weighted by molar-refractivity contribution is -0.124. The van der Waals surface area contributed by atoms with E-state index >= 15 is 0 Å². The number of anilines is 2. The molecule has 0 fully saturated rings. The Kier molecular flexibility index (Phi) is 6.61. The molecule has 0 saturated carbocycles. The van der Waals surface area contributed by atoms with Crippen molar-refractivity contribution in [3.63, 3.8) is 0 Å². The largest absolute Gasteiger partial charge is 0.496 e. The number of ketones is 1. The summed E-state index contributed by atoms with van der Waals surface area (Å²) in [6.07, 6.45) is -0.0197. The topological polar surface area (TPSA) is 85.7 Å². The molecule has 1 amide bonds. The van der Waals surface area contributed by atoms with Gasteiger partial charge in [0.05, 0.1) is 18.5 Å². The van der Waals surface area contributed by atoms with Gasteiger partial charge in [0.1, 0.15) is 23.2 Å². The van der Waals surface area contributed by atoms with E-state index in [0.29, 0.717) is 12.4 Å². The van der Waals surface area contributed by atoms with Crippen molar-refractivity contribution in [1.82, 2.24) is 5.32 Å². The predicted molar refractivity (Wildman–Crippen MR) is 120 cm³/mol. The number of amides is 1. The summed E-state index contributed by atoms with van der Waals surface area (Å²) in [5.41, 5.74) is 3.83. The molecule has 7 heteroatoms. The molecule has 1 heterocycles. The first-order chi connectivity index (χ1) is 14.9. The van der Waals surface area contributed by atoms with E-state index in [4.69, 9.17) is 4.74 Å². The maximum absolute atomic E-state index is 12.8. The van der Waals surface area contributed by atoms with Crippen molar-refractivity contribution < 1.29 is 14.3 Å². The number of rotatable bonds is 7. The zero-order valence-electron chi connectivity index (χ0n) is 18.2. The van der Waals surface area contributed by atoms with Gasteiger partial charge in [-0.1, -0.05) is 24.3 Å². The maximum Gasteiger partial charge on any atom is 0.220 e. The lowest BCUT2D eigenvalue weighted by atomic mass is 10.1. The number of hydrogen-bond acceptors (Lipinski definition) is 6. The highest BCUT2D eigenvalue weighted by Gasteiger charge is 2.31. The predicted octanol–water partition coefficient (Wildman–Crippen LogP) is 3.29. The summed E-state index contributed by atoms with van der Waals surface area (Å²) >= 11 is 0. The van der Waals surface area contributed by atoms with E-state index in [1.54, 1.807) is 7.11 Å². The van der Waals surface area contributed by atoms with Crippen LogP contribution in [0.5, 0.6) is 5.75 Å². The van der Waals surface area contributed by atoms with Gasteiger partial charge in [-0.2, -0.15) is 5.26 Å². The number of nitrogens with zero attached hydrogens (tertiary/aromatic N) is 3. The molecule has 1 aliphatic rings. The Bertz CT molecular complexity index is 1050. The fraction of sp³-hybridized carbons (Fsp3) is 0.292. The van der Waals surface area contributed by atoms with E-state index < -0.39 is 0 Å². The number of methoxy groups -OCH3 is 1. The quantitative estimate of drug-likeness (QED) is 0.549. The SMILES string of the molecule is COc1cc(CNC(=O)CCC(=O)C(C#N)=C2N(C)c3ccccc3N2C)ccc1C. The summed E-state index contributed by atoms with van der Waals surface area (Å²) in [7, 11) is 5.25. The molecule has 3 rings (SSSR count). The van der Waals surface area contributed by atoms with E-state index in [9.17, 15) is 14.9 Å². The highest BCUT2D eigenvalue weighted by molar-refractivity contribution is 6.03. The zero-order valence-corrected chi connectivity index (χ0v) is 18.2. The van der Waals surface area contributed by atoms with Gasteiger partial charge >= 0.3 is 0 Å². The van der Waals surface area contributed by atoms with Gasteiger partial charge in [-0.05, 0) is 36.2 Å². The number of ether oxygens (including phenoxy) is 1. The second-order valence-corrected chi connectivity index (χ2v) is 7.42. The molecule has 31 heavy (non-hydrogen) atoms. The number of nitrogens with one attached hydrogen (secondary N) is 1. The Balaban J connectivity index is 1.63. The van der Waals surface area contributed by atoms with Crippen molar-refractivity contribution in [2.24, 2.45) is 0 Å². The molecule has 0 saturated heterocycles. The van der Waals surface area contributed by atoms with Crippen LogP contribution in [0.2, 0.25) is 0 Å². The van der Waals surface area contributed by atoms with Crippen LogP contribution in [0.1, 0.15) is 24.0 Å². The summed E-state index contributed by atoms with van der Waals surface area (Å²) in [6, 6.07) is 15.5. The van der Waals surface area contributed by atoms with Crippen LogP contribution in [0, 0.1) is 18.3 Å². The number of benzene rings is 2. The molecule has 0 aliphatic carbocycles. The lowest BCUT2D eigenvalue weighted by Gasteiger charge is -2.19. The smallest absolute Gasteiger partial charge is 0.220 e. The van der Waals surface area contributed by atoms with Crippen molar-refractivity contribution in [3.8, 4) is 11.8 Å². The van der Waals surface area contributed by atoms with Crippen molar-refractivity contribution in [2.75, 3.05) is 31.0 Å². The van der Waals surface area contributed by atoms with Crippen LogP contribution in [0.25, 0.3) is 0 Å². The summed E-state index contributed by atoms with van der Waals surface area (Å²) in [4.78, 5) is 28.7. The van der Waals surface area contributed by atoms with Gasteiger partial charge in [0.25, 0.3) is 0 Å². The van der Waals surface area contributed by atoms with Crippen LogP contribution in [0.3, 0.4) is 0 Å². The van der Waals surface area contributed by atoms with Gasteiger partial charge < -0.3 is 19.9 Å². The molecular weight excluding hydrogens is 392 g/mol. The Hall–Kier alpha value is -3.79. The molecule has 1 aliphatic heterocycles. The fourth-order valence-corrected chi connectivity index (χ4v) is 3.67. The Morgan fingerprint density at radius 2 is 1.71 bits per heavy atom. The number of para-hydroxylation sites is 2. The third-order valence-corrected chi connectivity index (χ3v) is 5.40. The number of carbonyl (C=O) groups excluding carboxylic acids is 2. The van der Waals surface area contributed by atoms with Crippen molar-refractivity contribution in [3.05, 3.63) is 65.0 Å². The van der Waals surface area contributed by atoms with Crippen molar-refractivity contribution in [2.45, 2.75) is 26.3 Å². The zero-order chi connectivity index (χ0) is 22.5. The highest BCUT2D eigenvalue weighted by atomic mass is 16.5. The average Bonchev–Trinajstić information content (AvgIpc) is 3.03. The molecule has 7 nitrogen and oxygen atoms in total. The van der Waals surface area contributed by atoms with Gasteiger partial charge in [-0.3, -0.25) is 9.59 Å². The first-order valence-corrected chi connectivity index (χ1v) is 10.0. The molecular formula is C24H26N4O3. The first-order valence-electron chi connectivity index (χ1n) is 10.0. The van der Waals surface area contributed by atoms with Gasteiger partial charge in [-0.15, -0.1) is 0 Å². The molecule has 0 atom stereocenters. The van der Waals surface area contributed by atoms with Crippen LogP contribution < -0.4 is 19.9 Å². The second kappa shape index (κ2) is 9.35. The number of aryl methyl sites for hydroxylation is 1. The van der Waals surface area contributed by atoms with Crippen molar-refractivity contribution >= 4 is 23.1 Å². The summed E-state index contributed by atoms with van der Waals surface area (Å²) < 4.78 is 5.30. The van der Waals surface area contributed by atoms with E-state index in [1.165, 1.54) is 0 Å². The number of hydrogen-bond donors (Lipinski definition) is 1. The molecule has 0 bridgehead atoms. The van der Waals surface area contributed by atoms with Gasteiger partial charge in [0.2, 0.25) is 5.91 Å². The minimum Gasteiger partial charge on any atom is -0.496 e. The number of allylic oxidation sites excluding steroid dienone is 1. The minimum atomic E-state index is -0.351. The Morgan fingerprint density at radius 1 is 1.06 bits per heavy atom. The van der Waals surface area contributed by atoms with Crippen LogP contribution in [-0.4, -0.2) is 32.9 Å². The summed E-state index contributed by atoms with van der Waals surface area (Å²) in [5.74, 6) is 0.696. The monoisotopic (exact) mass is 418 g/mol. The van der Waals surface area contributed by atoms with Gasteiger partial charge in [0.15, 0.2) is 5.78 Å².